The summed E-state index contributed by atoms with van der Waals surface area (Å²) in [5.41, 5.74) is 0.181. The van der Waals surface area contributed by atoms with Crippen LogP contribution in [0.15, 0.2) is 37.4 Å². The number of hydrogen-bond acceptors (Lipinski definition) is 6. The van der Waals surface area contributed by atoms with E-state index in [0.29, 0.717) is 0 Å². The molecule has 84 valence electrons. The fraction of sp³-hybridized carbons (Fsp3) is 0. The predicted molar refractivity (Wildman–Crippen MR) is 65.7 cm³/mol. The maximum Gasteiger partial charge on any atom is 0.116 e. The van der Waals surface area contributed by atoms with Crippen molar-refractivity contribution >= 4 is 32.7 Å². The Balaban J connectivity index is 2.49. The van der Waals surface area contributed by atoms with Crippen molar-refractivity contribution in [2.24, 2.45) is 0 Å². The van der Waals surface area contributed by atoms with Gasteiger partial charge in [0.15, 0.2) is 0 Å². The highest BCUT2D eigenvalue weighted by Crippen LogP contribution is 2.29. The highest BCUT2D eigenvalue weighted by atomic mass is 14.9. The van der Waals surface area contributed by atoms with Gasteiger partial charge in [0, 0.05) is 34.7 Å². The molecule has 4 rings (SSSR count). The second kappa shape index (κ2) is 3.36. The Hall–Kier alpha value is -2.76. The van der Waals surface area contributed by atoms with Gasteiger partial charge >= 0.3 is 0 Å². The molecule has 0 aliphatic rings. The lowest BCUT2D eigenvalue weighted by Crippen LogP contribution is -1.92. The van der Waals surface area contributed by atoms with Crippen LogP contribution in [0.25, 0.3) is 32.7 Å². The molecule has 18 heavy (non-hydrogen) atoms. The molecule has 0 radical (unpaired) electrons. The van der Waals surface area contributed by atoms with Crippen LogP contribution in [0.2, 0.25) is 0 Å². The minimum Gasteiger partial charge on any atom is -0.244 e. The lowest BCUT2D eigenvalue weighted by Gasteiger charge is -2.05. The molecule has 0 amide bonds. The van der Waals surface area contributed by atoms with E-state index in [2.05, 4.69) is 29.9 Å². The zero-order valence-electron chi connectivity index (χ0n) is 14.7. The first-order valence-electron chi connectivity index (χ1n) is 7.93. The van der Waals surface area contributed by atoms with Crippen LogP contribution in [-0.4, -0.2) is 29.9 Å². The molecule has 3 aromatic heterocycles. The Morgan fingerprint density at radius 3 is 1.28 bits per heavy atom. The fourth-order valence-corrected chi connectivity index (χ4v) is 1.83. The molecule has 0 saturated heterocycles. The van der Waals surface area contributed by atoms with E-state index in [4.69, 9.17) is 8.22 Å². The number of aromatic nitrogens is 6. The van der Waals surface area contributed by atoms with Crippen molar-refractivity contribution in [3.8, 4) is 0 Å². The molecule has 0 aliphatic heterocycles. The Morgan fingerprint density at radius 1 is 0.611 bits per heavy atom. The van der Waals surface area contributed by atoms with Crippen molar-refractivity contribution in [1.82, 2.24) is 29.9 Å². The zero-order chi connectivity index (χ0) is 17.2. The minimum absolute atomic E-state index is 0.0602. The van der Waals surface area contributed by atoms with Crippen molar-refractivity contribution in [2.45, 2.75) is 0 Å². The summed E-state index contributed by atoms with van der Waals surface area (Å²) in [5.74, 6) is 0. The van der Waals surface area contributed by atoms with E-state index in [0.717, 1.165) is 0 Å². The molecule has 4 aromatic rings. The SMILES string of the molecule is [2H]c1nc([2H])c2c(n1)c1c([2H])nc([2H])nc1c1c([2H])nc([2H])nc21. The molecule has 0 bridgehead atoms. The first-order chi connectivity index (χ1) is 11.4. The van der Waals surface area contributed by atoms with Crippen LogP contribution in [0.5, 0.6) is 0 Å². The molecular formula is C12H6N6. The monoisotopic (exact) mass is 240 g/mol. The molecule has 0 fully saturated rings. The summed E-state index contributed by atoms with van der Waals surface area (Å²) in [6.07, 6.45) is -2.22. The quantitative estimate of drug-likeness (QED) is 0.434. The molecule has 0 N–H and O–H groups in total. The standard InChI is InChI=1S/C12H6N6/c1-7-10(16-4-13-1)8-2-15-6-18-12(8)9-3-14-5-17-11(7)9/h1-6H/i1D,2D,3D,4D,5D,6D. The van der Waals surface area contributed by atoms with Gasteiger partial charge in [-0.2, -0.15) is 0 Å². The van der Waals surface area contributed by atoms with Gasteiger partial charge in [-0.25, -0.2) is 29.9 Å². The van der Waals surface area contributed by atoms with Crippen LogP contribution in [0.4, 0.5) is 0 Å². The minimum atomic E-state index is -0.422. The van der Waals surface area contributed by atoms with Crippen molar-refractivity contribution in [1.29, 1.82) is 0 Å². The van der Waals surface area contributed by atoms with E-state index >= 15 is 0 Å². The highest BCUT2D eigenvalue weighted by molar-refractivity contribution is 6.20. The van der Waals surface area contributed by atoms with Gasteiger partial charge in [0.1, 0.15) is 23.0 Å². The molecule has 3 heterocycles. The number of nitrogens with zero attached hydrogens (tertiary/aromatic N) is 6. The Bertz CT molecular complexity index is 1000. The topological polar surface area (TPSA) is 77.3 Å². The number of benzene rings is 1. The molecule has 0 spiro atoms. The molecule has 0 aliphatic carbocycles. The van der Waals surface area contributed by atoms with Gasteiger partial charge in [-0.15, -0.1) is 0 Å². The van der Waals surface area contributed by atoms with E-state index in [9.17, 15) is 0 Å². The Labute approximate surface area is 109 Å². The molecule has 0 atom stereocenters. The van der Waals surface area contributed by atoms with Gasteiger partial charge in [0.05, 0.1) is 20.7 Å². The van der Waals surface area contributed by atoms with Gasteiger partial charge < -0.3 is 0 Å². The number of fused-ring (bicyclic) bond motifs is 6. The van der Waals surface area contributed by atoms with Gasteiger partial charge in [-0.05, 0) is 0 Å². The van der Waals surface area contributed by atoms with Crippen LogP contribution in [0.1, 0.15) is 8.22 Å². The van der Waals surface area contributed by atoms with E-state index < -0.39 is 18.9 Å². The fourth-order valence-electron chi connectivity index (χ4n) is 1.83. The zero-order valence-corrected chi connectivity index (χ0v) is 8.68. The van der Waals surface area contributed by atoms with Gasteiger partial charge in [-0.1, -0.05) is 0 Å². The molecule has 0 unspecified atom stereocenters. The molecular weight excluding hydrogens is 228 g/mol. The number of hydrogen-bond donors (Lipinski definition) is 0. The summed E-state index contributed by atoms with van der Waals surface area (Å²) in [4.78, 5) is 22.9. The summed E-state index contributed by atoms with van der Waals surface area (Å²) in [6.45, 7) is 0. The summed E-state index contributed by atoms with van der Waals surface area (Å²) in [7, 11) is 0. The lowest BCUT2D eigenvalue weighted by atomic mass is 10.1. The highest BCUT2D eigenvalue weighted by Gasteiger charge is 2.11. The van der Waals surface area contributed by atoms with Crippen molar-refractivity contribution in [2.75, 3.05) is 0 Å². The largest absolute Gasteiger partial charge is 0.244 e. The second-order valence-electron chi connectivity index (χ2n) is 3.48. The van der Waals surface area contributed by atoms with E-state index in [1.807, 2.05) is 0 Å². The Morgan fingerprint density at radius 2 is 0.944 bits per heavy atom. The molecule has 1 aromatic carbocycles. The van der Waals surface area contributed by atoms with E-state index in [1.54, 1.807) is 0 Å². The third-order valence-corrected chi connectivity index (χ3v) is 2.56. The molecule has 0 saturated carbocycles. The van der Waals surface area contributed by atoms with E-state index in [1.165, 1.54) is 0 Å². The smallest absolute Gasteiger partial charge is 0.116 e. The van der Waals surface area contributed by atoms with Crippen LogP contribution < -0.4 is 0 Å². The van der Waals surface area contributed by atoms with Crippen molar-refractivity contribution in [3.05, 3.63) is 37.4 Å². The van der Waals surface area contributed by atoms with Gasteiger partial charge in [-0.3, -0.25) is 0 Å². The average molecular weight is 240 g/mol. The predicted octanol–water partition coefficient (Wildman–Crippen LogP) is 1.52. The van der Waals surface area contributed by atoms with Gasteiger partial charge in [0.25, 0.3) is 0 Å². The van der Waals surface area contributed by atoms with Gasteiger partial charge in [0.2, 0.25) is 0 Å². The van der Waals surface area contributed by atoms with Crippen molar-refractivity contribution in [3.63, 3.8) is 0 Å². The average Bonchev–Trinajstić information content (AvgIpc) is 2.44. The maximum absolute atomic E-state index is 8.02. The summed E-state index contributed by atoms with van der Waals surface area (Å²) >= 11 is 0. The first kappa shape index (κ1) is 5.26. The van der Waals surface area contributed by atoms with Crippen LogP contribution in [0.3, 0.4) is 0 Å². The summed E-state index contributed by atoms with van der Waals surface area (Å²) in [6, 6.07) is 0. The summed E-state index contributed by atoms with van der Waals surface area (Å²) in [5, 5.41) is 0.271. The van der Waals surface area contributed by atoms with Crippen LogP contribution in [-0.2, 0) is 0 Å². The molecule has 6 nitrogen and oxygen atoms in total. The summed E-state index contributed by atoms with van der Waals surface area (Å²) < 4.78 is 46.9. The number of rotatable bonds is 0. The van der Waals surface area contributed by atoms with E-state index in [-0.39, 0.29) is 51.2 Å². The van der Waals surface area contributed by atoms with Crippen molar-refractivity contribution < 1.29 is 8.22 Å². The Kier molecular flexibility index (Phi) is 0.983. The van der Waals surface area contributed by atoms with Crippen LogP contribution in [0, 0.1) is 0 Å². The lowest BCUT2D eigenvalue weighted by molar-refractivity contribution is 1.19. The third-order valence-electron chi connectivity index (χ3n) is 2.56. The normalized spacial score (nSPS) is 16.0. The second-order valence-corrected chi connectivity index (χ2v) is 3.48. The van der Waals surface area contributed by atoms with Crippen LogP contribution >= 0.6 is 0 Å². The third kappa shape index (κ3) is 1.11. The maximum atomic E-state index is 8.02. The molecule has 6 heteroatoms. The first-order valence-corrected chi connectivity index (χ1v) is 4.93.